The Hall–Kier alpha value is -8.96. The van der Waals surface area contributed by atoms with Gasteiger partial charge in [0.15, 0.2) is 0 Å². The second-order valence-electron chi connectivity index (χ2n) is 22.4. The normalized spacial score (nSPS) is 18.2. The van der Waals surface area contributed by atoms with Crippen LogP contribution in [0.25, 0.3) is 87.0 Å². The molecule has 0 amide bonds. The van der Waals surface area contributed by atoms with Crippen LogP contribution in [-0.4, -0.2) is 8.80 Å². The van der Waals surface area contributed by atoms with E-state index in [1.807, 2.05) is 0 Å². The van der Waals surface area contributed by atoms with Crippen molar-refractivity contribution in [2.24, 2.45) is 0 Å². The molecule has 0 N–H and O–H groups in total. The van der Waals surface area contributed by atoms with Gasteiger partial charge in [0.1, 0.15) is 0 Å². The number of nitrogens with zero attached hydrogens (tertiary/aromatic N) is 4. The summed E-state index contributed by atoms with van der Waals surface area (Å²) in [5.74, 6) is -0.0105. The largest absolute Gasteiger partial charge is 0.308 e. The van der Waals surface area contributed by atoms with E-state index in [2.05, 4.69) is 206 Å². The molecule has 10 aromatic carbocycles. The number of aromatic nitrogens is 2. The predicted octanol–water partition coefficient (Wildman–Crippen LogP) is 16.2. The Morgan fingerprint density at radius 2 is 0.764 bits per heavy atom. The molecule has 0 aliphatic heterocycles. The minimum atomic E-state index is -0.133. The quantitative estimate of drug-likeness (QED) is 0.152. The van der Waals surface area contributed by atoms with Gasteiger partial charge < -0.3 is 8.80 Å². The molecule has 0 atom stereocenters. The van der Waals surface area contributed by atoms with Gasteiger partial charge in [0.05, 0.1) is 56.4 Å². The van der Waals surface area contributed by atoms with Gasteiger partial charge >= 0.3 is 0 Å². The monoisotopic (exact) mass is 912 g/mol. The van der Waals surface area contributed by atoms with E-state index in [0.717, 1.165) is 33.2 Å². The van der Waals surface area contributed by atoms with Gasteiger partial charge in [-0.05, 0) is 131 Å². The zero-order valence-electron chi connectivity index (χ0n) is 39.7. The maximum atomic E-state index is 11.3. The van der Waals surface area contributed by atoms with Crippen molar-refractivity contribution in [1.29, 1.82) is 10.5 Å². The van der Waals surface area contributed by atoms with Gasteiger partial charge in [-0.25, -0.2) is 0 Å². The van der Waals surface area contributed by atoms with Crippen molar-refractivity contribution in [2.45, 2.75) is 49.9 Å². The van der Waals surface area contributed by atoms with Crippen LogP contribution in [0.5, 0.6) is 0 Å². The highest BCUT2D eigenvalue weighted by Crippen LogP contribution is 2.62. The average Bonchev–Trinajstić information content (AvgIpc) is 4.14. The summed E-state index contributed by atoms with van der Waals surface area (Å²) in [7, 11) is 0. The zero-order valence-corrected chi connectivity index (χ0v) is 39.7. The summed E-state index contributed by atoms with van der Waals surface area (Å²) < 4.78 is 5.04. The molecule has 332 valence electrons. The molecule has 6 aliphatic rings. The first-order valence-corrected chi connectivity index (χ1v) is 25.4. The molecule has 0 spiro atoms. The van der Waals surface area contributed by atoms with Crippen molar-refractivity contribution in [2.75, 3.05) is 0 Å². The van der Waals surface area contributed by atoms with Crippen molar-refractivity contribution in [3.8, 4) is 12.1 Å². The molecule has 0 unspecified atom stereocenters. The summed E-state index contributed by atoms with van der Waals surface area (Å²) in [6, 6.07) is 67.1. The number of hydrogen-bond acceptors (Lipinski definition) is 2. The molecule has 0 radical (unpaired) electrons. The molecule has 4 aromatic heterocycles. The minimum Gasteiger partial charge on any atom is -0.308 e. The lowest BCUT2D eigenvalue weighted by atomic mass is 9.59. The van der Waals surface area contributed by atoms with E-state index in [1.54, 1.807) is 0 Å². The lowest BCUT2D eigenvalue weighted by molar-refractivity contribution is 0.592. The Kier molecular flexibility index (Phi) is 6.47. The standard InChI is InChI=1S/C68H40N4/c1-68(2,3)36-27-49-47-30-52-46(29-51(47)71-53-25-34(31-69)55-57-38-16-6-10-20-42(38)59(43-21-11-7-17-39(43)57)64(55)61(53)50(28-36)66(49)71)48-24-33-14-4-5-15-37(33)62-63-54(72(52)67(48)62)26-35(32-70)56-58-40-18-8-12-22-44(40)60(65(56)63)45-23-13-9-19-41(45)58/h4-30,57-60H,1-3H3. The molecule has 4 heteroatoms. The average molecular weight is 913 g/mol. The van der Waals surface area contributed by atoms with Gasteiger partial charge in [-0.3, -0.25) is 0 Å². The van der Waals surface area contributed by atoms with Crippen LogP contribution in [0.1, 0.15) is 128 Å². The van der Waals surface area contributed by atoms with Crippen LogP contribution >= 0.6 is 0 Å². The van der Waals surface area contributed by atoms with Crippen LogP contribution in [0.4, 0.5) is 0 Å². The molecule has 14 aromatic rings. The summed E-state index contributed by atoms with van der Waals surface area (Å²) in [6.07, 6.45) is 0. The third-order valence-corrected chi connectivity index (χ3v) is 18.3. The lowest BCUT2D eigenvalue weighted by Gasteiger charge is -2.43. The summed E-state index contributed by atoms with van der Waals surface area (Å²) in [6.45, 7) is 6.99. The molecule has 72 heavy (non-hydrogen) atoms. The number of nitriles is 2. The van der Waals surface area contributed by atoms with Crippen molar-refractivity contribution < 1.29 is 0 Å². The SMILES string of the molecule is CC(C)(C)c1cc2c3cc4c(cc3n3c5cc(C#N)c6c(c5c(c1)c23)C1c2ccccc2C6c2ccccc21)c1cc2ccccc2c2c3c5c(c(C#N)cc3n4c12)C1c2ccccc2C5c2ccccc21. The van der Waals surface area contributed by atoms with Crippen LogP contribution in [0.15, 0.2) is 164 Å². The van der Waals surface area contributed by atoms with E-state index < -0.39 is 0 Å². The minimum absolute atomic E-state index is 0.00223. The number of rotatable bonds is 0. The number of fused-ring (bicyclic) bond motifs is 14. The van der Waals surface area contributed by atoms with E-state index >= 15 is 0 Å². The Labute approximate surface area is 413 Å². The van der Waals surface area contributed by atoms with E-state index in [0.29, 0.717) is 0 Å². The number of hydrogen-bond donors (Lipinski definition) is 0. The topological polar surface area (TPSA) is 56.4 Å². The fraction of sp³-hybridized carbons (Fsp3) is 0.118. The van der Waals surface area contributed by atoms with E-state index in [9.17, 15) is 10.5 Å². The molecule has 4 nitrogen and oxygen atoms in total. The third-order valence-electron chi connectivity index (χ3n) is 18.3. The maximum Gasteiger partial charge on any atom is 0.0995 e. The smallest absolute Gasteiger partial charge is 0.0995 e. The predicted molar refractivity (Wildman–Crippen MR) is 291 cm³/mol. The fourth-order valence-electron chi connectivity index (χ4n) is 15.6. The molecule has 20 rings (SSSR count). The van der Waals surface area contributed by atoms with Crippen LogP contribution in [-0.2, 0) is 5.41 Å². The first-order chi connectivity index (χ1) is 35.3. The Morgan fingerprint density at radius 1 is 0.361 bits per heavy atom. The van der Waals surface area contributed by atoms with E-state index in [1.165, 1.54) is 137 Å². The lowest BCUT2D eigenvalue weighted by Crippen LogP contribution is -2.28. The Morgan fingerprint density at radius 3 is 1.25 bits per heavy atom. The maximum absolute atomic E-state index is 11.3. The highest BCUT2D eigenvalue weighted by Gasteiger charge is 2.46. The molecular weight excluding hydrogens is 873 g/mol. The van der Waals surface area contributed by atoms with Crippen LogP contribution in [0.3, 0.4) is 0 Å². The van der Waals surface area contributed by atoms with Gasteiger partial charge in [-0.2, -0.15) is 10.5 Å². The summed E-state index contributed by atoms with van der Waals surface area (Å²) in [5.41, 5.74) is 25.2. The molecule has 0 saturated carbocycles. The summed E-state index contributed by atoms with van der Waals surface area (Å²) >= 11 is 0. The van der Waals surface area contributed by atoms with Crippen molar-refractivity contribution in [1.82, 2.24) is 8.80 Å². The zero-order chi connectivity index (χ0) is 47.4. The van der Waals surface area contributed by atoms with Gasteiger partial charge in [0, 0.05) is 66.8 Å². The van der Waals surface area contributed by atoms with Crippen LogP contribution in [0, 0.1) is 22.7 Å². The van der Waals surface area contributed by atoms with Gasteiger partial charge in [0.2, 0.25) is 0 Å². The van der Waals surface area contributed by atoms with Gasteiger partial charge in [-0.15, -0.1) is 0 Å². The molecule has 4 bridgehead atoms. The van der Waals surface area contributed by atoms with Crippen molar-refractivity contribution >= 4 is 87.0 Å². The molecule has 4 heterocycles. The third kappa shape index (κ3) is 4.09. The van der Waals surface area contributed by atoms with Crippen LogP contribution < -0.4 is 0 Å². The molecule has 6 aliphatic carbocycles. The second-order valence-corrected chi connectivity index (χ2v) is 22.4. The van der Waals surface area contributed by atoms with Crippen molar-refractivity contribution in [3.05, 3.63) is 247 Å². The summed E-state index contributed by atoms with van der Waals surface area (Å²) in [5, 5.41) is 35.0. The molecule has 0 fully saturated rings. The highest BCUT2D eigenvalue weighted by atomic mass is 14.9. The Bertz CT molecular complexity index is 4920. The first kappa shape index (κ1) is 37.9. The molecule has 0 saturated heterocycles. The fourth-order valence-corrected chi connectivity index (χ4v) is 15.6. The van der Waals surface area contributed by atoms with E-state index in [-0.39, 0.29) is 29.1 Å². The summed E-state index contributed by atoms with van der Waals surface area (Å²) in [4.78, 5) is 0. The Balaban J connectivity index is 1.02. The first-order valence-electron chi connectivity index (χ1n) is 25.4. The number of benzene rings is 10. The highest BCUT2D eigenvalue weighted by molar-refractivity contribution is 6.34. The van der Waals surface area contributed by atoms with Crippen LogP contribution in [0.2, 0.25) is 0 Å². The van der Waals surface area contributed by atoms with Gasteiger partial charge in [-0.1, -0.05) is 142 Å². The van der Waals surface area contributed by atoms with E-state index in [4.69, 9.17) is 0 Å². The molecular formula is C68H40N4. The van der Waals surface area contributed by atoms with Gasteiger partial charge in [0.25, 0.3) is 0 Å². The second kappa shape index (κ2) is 12.3. The van der Waals surface area contributed by atoms with Crippen molar-refractivity contribution in [3.63, 3.8) is 0 Å².